The number of amides is 1. The average molecular weight is 389 g/mol. The van der Waals surface area contributed by atoms with Crippen LogP contribution in [0.1, 0.15) is 19.3 Å². The van der Waals surface area contributed by atoms with Gasteiger partial charge in [-0.25, -0.2) is 21.1 Å². The Kier molecular flexibility index (Phi) is 6.59. The molecule has 0 saturated carbocycles. The lowest BCUT2D eigenvalue weighted by Crippen LogP contribution is -2.41. The molecule has 25 heavy (non-hydrogen) atoms. The minimum absolute atomic E-state index is 0.0839. The van der Waals surface area contributed by atoms with E-state index in [1.54, 1.807) is 18.2 Å². The third kappa shape index (κ3) is 6.09. The third-order valence-corrected chi connectivity index (χ3v) is 7.37. The first kappa shape index (κ1) is 19.9. The van der Waals surface area contributed by atoms with Gasteiger partial charge in [0.15, 0.2) is 9.84 Å². The molecule has 1 aliphatic heterocycles. The van der Waals surface area contributed by atoms with E-state index in [1.807, 2.05) is 0 Å². The number of nitrogens with one attached hydrogen (secondary N) is 1. The Bertz CT molecular complexity index is 783. The highest BCUT2D eigenvalue weighted by Crippen LogP contribution is 2.18. The number of benzene rings is 1. The van der Waals surface area contributed by atoms with Gasteiger partial charge in [0.1, 0.15) is 0 Å². The summed E-state index contributed by atoms with van der Waals surface area (Å²) >= 11 is 0. The molecule has 2 rings (SSSR count). The Morgan fingerprint density at radius 2 is 1.72 bits per heavy atom. The van der Waals surface area contributed by atoms with Gasteiger partial charge in [-0.2, -0.15) is 0 Å². The topological polar surface area (TPSA) is 101 Å². The number of piperidine rings is 1. The predicted octanol–water partition coefficient (Wildman–Crippen LogP) is 0.638. The van der Waals surface area contributed by atoms with E-state index in [0.717, 1.165) is 0 Å². The number of rotatable bonds is 7. The summed E-state index contributed by atoms with van der Waals surface area (Å²) in [7, 11) is -6.61. The molecule has 1 aliphatic rings. The molecule has 1 fully saturated rings. The second kappa shape index (κ2) is 8.29. The van der Waals surface area contributed by atoms with Crippen LogP contribution in [0.2, 0.25) is 0 Å². The fourth-order valence-electron chi connectivity index (χ4n) is 2.76. The van der Waals surface area contributed by atoms with Crippen LogP contribution in [-0.4, -0.2) is 58.7 Å². The zero-order valence-electron chi connectivity index (χ0n) is 14.2. The van der Waals surface area contributed by atoms with Crippen LogP contribution in [0.25, 0.3) is 0 Å². The number of sulfonamides is 1. The van der Waals surface area contributed by atoms with Crippen molar-refractivity contribution in [2.75, 3.05) is 31.6 Å². The molecule has 0 unspecified atom stereocenters. The summed E-state index contributed by atoms with van der Waals surface area (Å²) < 4.78 is 48.6. The first-order chi connectivity index (χ1) is 11.7. The molecule has 1 saturated heterocycles. The van der Waals surface area contributed by atoms with Crippen LogP contribution >= 0.6 is 0 Å². The van der Waals surface area contributed by atoms with Gasteiger partial charge in [0.05, 0.1) is 16.9 Å². The zero-order chi connectivity index (χ0) is 18.5. The number of carbonyl (C=O) groups is 1. The molecule has 0 radical (unpaired) electrons. The van der Waals surface area contributed by atoms with Gasteiger partial charge in [-0.15, -0.1) is 0 Å². The van der Waals surface area contributed by atoms with Gasteiger partial charge >= 0.3 is 0 Å². The number of carbonyl (C=O) groups excluding carboxylic acids is 1. The summed E-state index contributed by atoms with van der Waals surface area (Å²) in [4.78, 5) is 12.1. The zero-order valence-corrected chi connectivity index (χ0v) is 15.9. The number of sulfone groups is 1. The largest absolute Gasteiger partial charge is 0.356 e. The van der Waals surface area contributed by atoms with Crippen molar-refractivity contribution in [3.63, 3.8) is 0 Å². The van der Waals surface area contributed by atoms with Crippen LogP contribution in [-0.2, 0) is 24.7 Å². The van der Waals surface area contributed by atoms with E-state index in [4.69, 9.17) is 0 Å². The Labute approximate surface area is 149 Å². The van der Waals surface area contributed by atoms with Crippen molar-refractivity contribution in [2.45, 2.75) is 24.2 Å². The van der Waals surface area contributed by atoms with Crippen molar-refractivity contribution in [1.29, 1.82) is 0 Å². The smallest absolute Gasteiger partial charge is 0.221 e. The van der Waals surface area contributed by atoms with E-state index >= 15 is 0 Å². The number of hydrogen-bond donors (Lipinski definition) is 1. The van der Waals surface area contributed by atoms with Crippen molar-refractivity contribution in [3.05, 3.63) is 30.3 Å². The lowest BCUT2D eigenvalue weighted by molar-refractivity contribution is -0.120. The number of hydrogen-bond acceptors (Lipinski definition) is 5. The maximum absolute atomic E-state index is 12.1. The second-order valence-electron chi connectivity index (χ2n) is 6.29. The van der Waals surface area contributed by atoms with Gasteiger partial charge in [0.25, 0.3) is 0 Å². The molecule has 0 aliphatic carbocycles. The quantitative estimate of drug-likeness (QED) is 0.739. The molecular weight excluding hydrogens is 364 g/mol. The molecule has 7 nitrogen and oxygen atoms in total. The molecule has 1 amide bonds. The van der Waals surface area contributed by atoms with Gasteiger partial charge in [0.2, 0.25) is 15.9 Å². The Balaban J connectivity index is 1.73. The molecule has 0 bridgehead atoms. The SMILES string of the molecule is CS(=O)(=O)N1CCC(CNC(=O)CCS(=O)(=O)c2ccccc2)CC1. The summed E-state index contributed by atoms with van der Waals surface area (Å²) in [5.74, 6) is -0.312. The van der Waals surface area contributed by atoms with Gasteiger partial charge in [-0.3, -0.25) is 4.79 Å². The molecular formula is C16H24N2O5S2. The summed E-state index contributed by atoms with van der Waals surface area (Å²) in [6.45, 7) is 1.37. The highest BCUT2D eigenvalue weighted by molar-refractivity contribution is 7.91. The maximum Gasteiger partial charge on any atom is 0.221 e. The summed E-state index contributed by atoms with van der Waals surface area (Å²) in [6, 6.07) is 8.07. The normalized spacial score (nSPS) is 17.3. The minimum Gasteiger partial charge on any atom is -0.356 e. The first-order valence-electron chi connectivity index (χ1n) is 8.18. The van der Waals surface area contributed by atoms with Gasteiger partial charge in [-0.05, 0) is 30.9 Å². The van der Waals surface area contributed by atoms with Crippen LogP contribution < -0.4 is 5.32 Å². The lowest BCUT2D eigenvalue weighted by atomic mass is 9.98. The second-order valence-corrected chi connectivity index (χ2v) is 10.4. The van der Waals surface area contributed by atoms with E-state index in [9.17, 15) is 21.6 Å². The van der Waals surface area contributed by atoms with Crippen LogP contribution in [0.15, 0.2) is 35.2 Å². The first-order valence-corrected chi connectivity index (χ1v) is 11.7. The molecule has 140 valence electrons. The summed E-state index contributed by atoms with van der Waals surface area (Å²) in [5, 5.41) is 2.76. The Morgan fingerprint density at radius 3 is 2.28 bits per heavy atom. The van der Waals surface area contributed by atoms with Crippen LogP contribution in [0, 0.1) is 5.92 Å². The van der Waals surface area contributed by atoms with Crippen LogP contribution in [0.3, 0.4) is 0 Å². The summed E-state index contributed by atoms with van der Waals surface area (Å²) in [6.07, 6.45) is 2.49. The van der Waals surface area contributed by atoms with E-state index in [0.29, 0.717) is 32.5 Å². The van der Waals surface area contributed by atoms with E-state index in [-0.39, 0.29) is 28.9 Å². The molecule has 1 aromatic carbocycles. The molecule has 0 atom stereocenters. The molecule has 1 aromatic rings. The molecule has 9 heteroatoms. The van der Waals surface area contributed by atoms with Crippen molar-refractivity contribution < 1.29 is 21.6 Å². The molecule has 1 heterocycles. The average Bonchev–Trinajstić information content (AvgIpc) is 2.58. The highest BCUT2D eigenvalue weighted by Gasteiger charge is 2.25. The standard InChI is InChI=1S/C16H24N2O5S2/c1-24(20,21)18-10-7-14(8-11-18)13-17-16(19)9-12-25(22,23)15-5-3-2-4-6-15/h2-6,14H,7-13H2,1H3,(H,17,19). The number of nitrogens with zero attached hydrogens (tertiary/aromatic N) is 1. The van der Waals surface area contributed by atoms with Crippen molar-refractivity contribution >= 4 is 25.8 Å². The lowest BCUT2D eigenvalue weighted by Gasteiger charge is -2.30. The van der Waals surface area contributed by atoms with Crippen molar-refractivity contribution in [2.24, 2.45) is 5.92 Å². The van der Waals surface area contributed by atoms with E-state index in [2.05, 4.69) is 5.32 Å². The molecule has 0 spiro atoms. The van der Waals surface area contributed by atoms with Gasteiger partial charge in [-0.1, -0.05) is 18.2 Å². The Hall–Kier alpha value is -1.45. The molecule has 1 N–H and O–H groups in total. The van der Waals surface area contributed by atoms with Crippen molar-refractivity contribution in [1.82, 2.24) is 9.62 Å². The van der Waals surface area contributed by atoms with E-state index < -0.39 is 19.9 Å². The molecule has 0 aromatic heterocycles. The predicted molar refractivity (Wildman–Crippen MR) is 95.3 cm³/mol. The fraction of sp³-hybridized carbons (Fsp3) is 0.562. The summed E-state index contributed by atoms with van der Waals surface area (Å²) in [5.41, 5.74) is 0. The van der Waals surface area contributed by atoms with E-state index in [1.165, 1.54) is 22.7 Å². The van der Waals surface area contributed by atoms with Gasteiger partial charge < -0.3 is 5.32 Å². The third-order valence-electron chi connectivity index (χ3n) is 4.33. The Morgan fingerprint density at radius 1 is 1.12 bits per heavy atom. The maximum atomic E-state index is 12.1. The van der Waals surface area contributed by atoms with Gasteiger partial charge in [0, 0.05) is 26.1 Å². The van der Waals surface area contributed by atoms with Crippen LogP contribution in [0.5, 0.6) is 0 Å². The van der Waals surface area contributed by atoms with Crippen LogP contribution in [0.4, 0.5) is 0 Å². The highest BCUT2D eigenvalue weighted by atomic mass is 32.2. The minimum atomic E-state index is -3.46. The monoisotopic (exact) mass is 388 g/mol. The fourth-order valence-corrected chi connectivity index (χ4v) is 4.90. The van der Waals surface area contributed by atoms with Crippen molar-refractivity contribution in [3.8, 4) is 0 Å².